The van der Waals surface area contributed by atoms with Gasteiger partial charge in [-0.2, -0.15) is 0 Å². The maximum Gasteiger partial charge on any atom is 0.152 e. The molecule has 3 aromatic rings. The van der Waals surface area contributed by atoms with Gasteiger partial charge in [0, 0.05) is 15.8 Å². The smallest absolute Gasteiger partial charge is 0.152 e. The Bertz CT molecular complexity index is 790. The fourth-order valence-corrected chi connectivity index (χ4v) is 3.25. The Morgan fingerprint density at radius 1 is 1.14 bits per heavy atom. The molecule has 2 aromatic carbocycles. The molecule has 0 aliphatic heterocycles. The van der Waals surface area contributed by atoms with Crippen LogP contribution in [0, 0.1) is 0 Å². The van der Waals surface area contributed by atoms with Gasteiger partial charge in [-0.05, 0) is 42.2 Å². The number of carbonyl (C=O) groups excluding carboxylic acids is 1. The average Bonchev–Trinajstić information content (AvgIpc) is 2.93. The van der Waals surface area contributed by atoms with Gasteiger partial charge in [0.2, 0.25) is 0 Å². The van der Waals surface area contributed by atoms with E-state index in [0.717, 1.165) is 39.1 Å². The van der Waals surface area contributed by atoms with E-state index in [4.69, 9.17) is 4.74 Å². The van der Waals surface area contributed by atoms with Gasteiger partial charge in [0.05, 0.1) is 18.3 Å². The summed E-state index contributed by atoms with van der Waals surface area (Å²) in [6.45, 7) is 0. The fourth-order valence-electron chi connectivity index (χ4n) is 2.49. The zero-order valence-corrected chi connectivity index (χ0v) is 12.7. The summed E-state index contributed by atoms with van der Waals surface area (Å²) in [7, 11) is 1.65. The normalized spacial score (nSPS) is 10.8. The molecule has 0 saturated heterocycles. The van der Waals surface area contributed by atoms with Crippen LogP contribution >= 0.6 is 11.8 Å². The predicted octanol–water partition coefficient (Wildman–Crippen LogP) is 4.38. The van der Waals surface area contributed by atoms with Crippen molar-refractivity contribution >= 4 is 29.0 Å². The van der Waals surface area contributed by atoms with E-state index in [-0.39, 0.29) is 0 Å². The number of H-pyrrole nitrogens is 1. The summed E-state index contributed by atoms with van der Waals surface area (Å²) >= 11 is 1.68. The number of thioether (sulfide) groups is 1. The van der Waals surface area contributed by atoms with E-state index in [9.17, 15) is 4.79 Å². The molecule has 0 bridgehead atoms. The number of para-hydroxylation sites is 1. The Morgan fingerprint density at radius 2 is 1.90 bits per heavy atom. The van der Waals surface area contributed by atoms with Crippen LogP contribution in [-0.4, -0.2) is 24.6 Å². The Labute approximate surface area is 127 Å². The Kier molecular flexibility index (Phi) is 3.71. The van der Waals surface area contributed by atoms with Crippen molar-refractivity contribution in [2.45, 2.75) is 4.90 Å². The van der Waals surface area contributed by atoms with Crippen LogP contribution in [0.2, 0.25) is 0 Å². The molecule has 0 aliphatic carbocycles. The lowest BCUT2D eigenvalue weighted by Crippen LogP contribution is -1.84. The van der Waals surface area contributed by atoms with E-state index < -0.39 is 0 Å². The third-order valence-electron chi connectivity index (χ3n) is 3.53. The zero-order chi connectivity index (χ0) is 14.8. The molecule has 0 saturated carbocycles. The van der Waals surface area contributed by atoms with Crippen LogP contribution in [0.3, 0.4) is 0 Å². The van der Waals surface area contributed by atoms with Gasteiger partial charge in [0.25, 0.3) is 0 Å². The van der Waals surface area contributed by atoms with Crippen LogP contribution < -0.4 is 4.74 Å². The quantitative estimate of drug-likeness (QED) is 0.574. The highest BCUT2D eigenvalue weighted by Crippen LogP contribution is 2.37. The minimum Gasteiger partial charge on any atom is -0.497 e. The SMILES string of the molecule is COc1ccc(-c2[nH]c3c(C=O)cccc3c2SC)cc1. The van der Waals surface area contributed by atoms with Crippen molar-refractivity contribution in [3.05, 3.63) is 48.0 Å². The first kappa shape index (κ1) is 13.8. The number of hydrogen-bond donors (Lipinski definition) is 1. The number of ether oxygens (including phenoxy) is 1. The fraction of sp³-hybridized carbons (Fsp3) is 0.118. The van der Waals surface area contributed by atoms with Gasteiger partial charge in [-0.3, -0.25) is 4.79 Å². The molecule has 0 spiro atoms. The zero-order valence-electron chi connectivity index (χ0n) is 11.8. The minimum atomic E-state index is 0.683. The molecule has 0 aliphatic rings. The van der Waals surface area contributed by atoms with Crippen molar-refractivity contribution in [2.75, 3.05) is 13.4 Å². The van der Waals surface area contributed by atoms with Crippen molar-refractivity contribution < 1.29 is 9.53 Å². The maximum atomic E-state index is 11.2. The van der Waals surface area contributed by atoms with Crippen molar-refractivity contribution in [3.8, 4) is 17.0 Å². The molecule has 0 fully saturated rings. The molecule has 0 radical (unpaired) electrons. The first-order chi connectivity index (χ1) is 10.3. The van der Waals surface area contributed by atoms with Crippen LogP contribution in [0.25, 0.3) is 22.2 Å². The number of nitrogens with one attached hydrogen (secondary N) is 1. The van der Waals surface area contributed by atoms with Gasteiger partial charge in [-0.25, -0.2) is 0 Å². The van der Waals surface area contributed by atoms with Gasteiger partial charge < -0.3 is 9.72 Å². The number of aromatic nitrogens is 1. The Morgan fingerprint density at radius 3 is 2.52 bits per heavy atom. The summed E-state index contributed by atoms with van der Waals surface area (Å²) in [4.78, 5) is 15.8. The lowest BCUT2D eigenvalue weighted by Gasteiger charge is -2.04. The van der Waals surface area contributed by atoms with E-state index in [0.29, 0.717) is 5.56 Å². The summed E-state index contributed by atoms with van der Waals surface area (Å²) in [5, 5.41) is 1.08. The molecule has 1 heterocycles. The number of carbonyl (C=O) groups is 1. The molecule has 3 rings (SSSR count). The highest BCUT2D eigenvalue weighted by Gasteiger charge is 2.14. The minimum absolute atomic E-state index is 0.683. The highest BCUT2D eigenvalue weighted by molar-refractivity contribution is 7.99. The van der Waals surface area contributed by atoms with Crippen LogP contribution in [0.15, 0.2) is 47.4 Å². The van der Waals surface area contributed by atoms with Crippen molar-refractivity contribution in [1.82, 2.24) is 4.98 Å². The first-order valence-corrected chi connectivity index (χ1v) is 7.79. The van der Waals surface area contributed by atoms with Gasteiger partial charge in [0.1, 0.15) is 5.75 Å². The van der Waals surface area contributed by atoms with Crippen molar-refractivity contribution in [1.29, 1.82) is 0 Å². The molecule has 21 heavy (non-hydrogen) atoms. The maximum absolute atomic E-state index is 11.2. The molecule has 0 atom stereocenters. The summed E-state index contributed by atoms with van der Waals surface area (Å²) in [6, 6.07) is 13.7. The number of fused-ring (bicyclic) bond motifs is 1. The van der Waals surface area contributed by atoms with Crippen molar-refractivity contribution in [3.63, 3.8) is 0 Å². The number of rotatable bonds is 4. The van der Waals surface area contributed by atoms with Crippen LogP contribution in [0.4, 0.5) is 0 Å². The molecule has 0 unspecified atom stereocenters. The van der Waals surface area contributed by atoms with Crippen molar-refractivity contribution in [2.24, 2.45) is 0 Å². The largest absolute Gasteiger partial charge is 0.497 e. The summed E-state index contributed by atoms with van der Waals surface area (Å²) in [5.41, 5.74) is 3.69. The van der Waals surface area contributed by atoms with E-state index in [2.05, 4.69) is 4.98 Å². The summed E-state index contributed by atoms with van der Waals surface area (Å²) in [6.07, 6.45) is 2.93. The lowest BCUT2D eigenvalue weighted by atomic mass is 10.1. The molecular formula is C17H15NO2S. The number of benzene rings is 2. The Balaban J connectivity index is 2.23. The average molecular weight is 297 g/mol. The molecule has 4 heteroatoms. The lowest BCUT2D eigenvalue weighted by molar-refractivity contribution is 0.112. The van der Waals surface area contributed by atoms with Crippen LogP contribution in [-0.2, 0) is 0 Å². The number of aldehydes is 1. The first-order valence-electron chi connectivity index (χ1n) is 6.56. The molecule has 1 aromatic heterocycles. The van der Waals surface area contributed by atoms with E-state index in [1.165, 1.54) is 0 Å². The monoisotopic (exact) mass is 297 g/mol. The second-order valence-corrected chi connectivity index (χ2v) is 5.47. The van der Waals surface area contributed by atoms with Gasteiger partial charge in [0.15, 0.2) is 6.29 Å². The van der Waals surface area contributed by atoms with Gasteiger partial charge in [-0.15, -0.1) is 11.8 Å². The number of aromatic amines is 1. The van der Waals surface area contributed by atoms with Gasteiger partial charge >= 0.3 is 0 Å². The highest BCUT2D eigenvalue weighted by atomic mass is 32.2. The molecule has 0 amide bonds. The van der Waals surface area contributed by atoms with E-state index in [1.54, 1.807) is 18.9 Å². The molecule has 3 nitrogen and oxygen atoms in total. The van der Waals surface area contributed by atoms with E-state index >= 15 is 0 Å². The molecule has 1 N–H and O–H groups in total. The third kappa shape index (κ3) is 2.32. The topological polar surface area (TPSA) is 42.1 Å². The summed E-state index contributed by atoms with van der Waals surface area (Å²) < 4.78 is 5.20. The van der Waals surface area contributed by atoms with Crippen LogP contribution in [0.5, 0.6) is 5.75 Å². The Hall–Kier alpha value is -2.20. The standard InChI is InChI=1S/C17H15NO2S/c1-20-13-8-6-11(7-9-13)16-17(21-2)14-5-3-4-12(10-19)15(14)18-16/h3-10,18H,1-2H3. The third-order valence-corrected chi connectivity index (χ3v) is 4.36. The van der Waals surface area contributed by atoms with Gasteiger partial charge in [-0.1, -0.05) is 12.1 Å². The molecular weight excluding hydrogens is 282 g/mol. The molecule has 106 valence electrons. The second-order valence-electron chi connectivity index (χ2n) is 4.65. The second kappa shape index (κ2) is 5.66. The van der Waals surface area contributed by atoms with Crippen LogP contribution in [0.1, 0.15) is 10.4 Å². The van der Waals surface area contributed by atoms with E-state index in [1.807, 2.05) is 48.7 Å². The number of hydrogen-bond acceptors (Lipinski definition) is 3. The summed E-state index contributed by atoms with van der Waals surface area (Å²) in [5.74, 6) is 0.828. The predicted molar refractivity (Wildman–Crippen MR) is 87.5 cm³/mol. The number of methoxy groups -OCH3 is 1.